The van der Waals surface area contributed by atoms with Crippen molar-refractivity contribution in [3.63, 3.8) is 0 Å². The summed E-state index contributed by atoms with van der Waals surface area (Å²) in [6.45, 7) is 3.61. The van der Waals surface area contributed by atoms with E-state index in [0.29, 0.717) is 0 Å². The van der Waals surface area contributed by atoms with Gasteiger partial charge in [0.2, 0.25) is 0 Å². The molecule has 0 aliphatic rings. The molecule has 104 valence electrons. The Balaban J connectivity index is 3.05. The van der Waals surface area contributed by atoms with Crippen LogP contribution >= 0.6 is 0 Å². The van der Waals surface area contributed by atoms with Crippen LogP contribution in [0, 0.1) is 15.9 Å². The van der Waals surface area contributed by atoms with Gasteiger partial charge in [-0.3, -0.25) is 14.9 Å². The molecule has 0 spiro atoms. The van der Waals surface area contributed by atoms with E-state index >= 15 is 0 Å². The zero-order valence-electron chi connectivity index (χ0n) is 10.9. The Morgan fingerprint density at radius 2 is 2.16 bits per heavy atom. The van der Waals surface area contributed by atoms with E-state index in [1.54, 1.807) is 13.8 Å². The third-order valence-electron chi connectivity index (χ3n) is 2.36. The number of carbonyl (C=O) groups is 1. The van der Waals surface area contributed by atoms with Crippen LogP contribution < -0.4 is 5.32 Å². The number of nitro groups is 1. The zero-order valence-corrected chi connectivity index (χ0v) is 10.9. The van der Waals surface area contributed by atoms with Gasteiger partial charge in [0.15, 0.2) is 0 Å². The van der Waals surface area contributed by atoms with Crippen LogP contribution in [-0.2, 0) is 4.74 Å². The number of hydrogen-bond donors (Lipinski definition) is 1. The monoisotopic (exact) mass is 270 g/mol. The predicted molar refractivity (Wildman–Crippen MR) is 66.5 cm³/mol. The lowest BCUT2D eigenvalue weighted by Gasteiger charge is -2.25. The quantitative estimate of drug-likeness (QED) is 0.654. The van der Waals surface area contributed by atoms with Crippen molar-refractivity contribution in [2.75, 3.05) is 13.7 Å². The van der Waals surface area contributed by atoms with Crippen molar-refractivity contribution in [2.24, 2.45) is 0 Å². The van der Waals surface area contributed by atoms with Crippen LogP contribution in [0.2, 0.25) is 0 Å². The van der Waals surface area contributed by atoms with Crippen molar-refractivity contribution in [2.45, 2.75) is 19.4 Å². The van der Waals surface area contributed by atoms with Crippen molar-refractivity contribution in [3.8, 4) is 0 Å². The molecule has 1 aromatic carbocycles. The summed E-state index contributed by atoms with van der Waals surface area (Å²) < 4.78 is 18.0. The number of halogens is 1. The van der Waals surface area contributed by atoms with Crippen molar-refractivity contribution in [1.29, 1.82) is 0 Å². The normalized spacial score (nSPS) is 11.2. The van der Waals surface area contributed by atoms with Gasteiger partial charge in [-0.25, -0.2) is 4.39 Å². The number of ether oxygens (including phenoxy) is 1. The van der Waals surface area contributed by atoms with Crippen LogP contribution in [0.5, 0.6) is 0 Å². The zero-order chi connectivity index (χ0) is 14.6. The molecular formula is C12H15FN2O4. The second kappa shape index (κ2) is 5.75. The molecule has 1 aromatic rings. The summed E-state index contributed by atoms with van der Waals surface area (Å²) in [6.07, 6.45) is 0. The first-order valence-electron chi connectivity index (χ1n) is 5.52. The van der Waals surface area contributed by atoms with Crippen molar-refractivity contribution < 1.29 is 18.8 Å². The maximum atomic E-state index is 13.1. The number of hydrogen-bond acceptors (Lipinski definition) is 4. The molecule has 1 amide bonds. The lowest BCUT2D eigenvalue weighted by Crippen LogP contribution is -2.46. The smallest absolute Gasteiger partial charge is 0.282 e. The molecule has 0 unspecified atom stereocenters. The summed E-state index contributed by atoms with van der Waals surface area (Å²) in [7, 11) is 1.47. The van der Waals surface area contributed by atoms with Crippen LogP contribution in [0.25, 0.3) is 0 Å². The Hall–Kier alpha value is -2.02. The first-order chi connectivity index (χ1) is 8.76. The maximum absolute atomic E-state index is 13.1. The molecule has 0 heterocycles. The Labute approximate surface area is 109 Å². The van der Waals surface area contributed by atoms with Gasteiger partial charge in [-0.05, 0) is 26.0 Å². The van der Waals surface area contributed by atoms with Gasteiger partial charge in [0, 0.05) is 13.2 Å². The number of benzene rings is 1. The second-order valence-electron chi connectivity index (χ2n) is 4.69. The van der Waals surface area contributed by atoms with E-state index in [4.69, 9.17) is 4.74 Å². The van der Waals surface area contributed by atoms with Crippen molar-refractivity contribution >= 4 is 11.6 Å². The van der Waals surface area contributed by atoms with E-state index in [-0.39, 0.29) is 12.2 Å². The van der Waals surface area contributed by atoms with Crippen LogP contribution in [0.1, 0.15) is 24.2 Å². The van der Waals surface area contributed by atoms with E-state index < -0.39 is 27.9 Å². The van der Waals surface area contributed by atoms with E-state index in [1.807, 2.05) is 0 Å². The molecule has 0 aliphatic carbocycles. The highest BCUT2D eigenvalue weighted by Gasteiger charge is 2.26. The highest BCUT2D eigenvalue weighted by atomic mass is 19.1. The highest BCUT2D eigenvalue weighted by Crippen LogP contribution is 2.20. The largest absolute Gasteiger partial charge is 0.382 e. The second-order valence-corrected chi connectivity index (χ2v) is 4.69. The molecular weight excluding hydrogens is 255 g/mol. The van der Waals surface area contributed by atoms with E-state index in [2.05, 4.69) is 5.32 Å². The molecule has 0 radical (unpaired) electrons. The fraction of sp³-hybridized carbons (Fsp3) is 0.417. The van der Waals surface area contributed by atoms with Gasteiger partial charge in [0.05, 0.1) is 17.1 Å². The van der Waals surface area contributed by atoms with Gasteiger partial charge in [0.25, 0.3) is 11.6 Å². The average Bonchev–Trinajstić information content (AvgIpc) is 2.27. The third-order valence-corrected chi connectivity index (χ3v) is 2.36. The molecule has 7 heteroatoms. The number of nitrogens with one attached hydrogen (secondary N) is 1. The minimum absolute atomic E-state index is 0.224. The number of methoxy groups -OCH3 is 1. The molecule has 0 fully saturated rings. The molecule has 0 bridgehead atoms. The Kier molecular flexibility index (Phi) is 4.55. The van der Waals surface area contributed by atoms with Crippen LogP contribution in [0.15, 0.2) is 18.2 Å². The lowest BCUT2D eigenvalue weighted by molar-refractivity contribution is -0.385. The molecule has 0 aliphatic heterocycles. The number of nitrogens with zero attached hydrogens (tertiary/aromatic N) is 1. The van der Waals surface area contributed by atoms with Crippen LogP contribution in [0.3, 0.4) is 0 Å². The Morgan fingerprint density at radius 1 is 1.53 bits per heavy atom. The fourth-order valence-electron chi connectivity index (χ4n) is 1.62. The maximum Gasteiger partial charge on any atom is 0.282 e. The molecule has 0 aromatic heterocycles. The van der Waals surface area contributed by atoms with Gasteiger partial charge in [0.1, 0.15) is 11.4 Å². The lowest BCUT2D eigenvalue weighted by atomic mass is 10.1. The Morgan fingerprint density at radius 3 is 2.68 bits per heavy atom. The van der Waals surface area contributed by atoms with Crippen molar-refractivity contribution in [1.82, 2.24) is 5.32 Å². The predicted octanol–water partition coefficient (Wildman–Crippen LogP) is 1.89. The summed E-state index contributed by atoms with van der Waals surface area (Å²) in [4.78, 5) is 22.1. The third kappa shape index (κ3) is 3.99. The number of rotatable bonds is 5. The molecule has 1 N–H and O–H groups in total. The van der Waals surface area contributed by atoms with Gasteiger partial charge >= 0.3 is 0 Å². The van der Waals surface area contributed by atoms with Gasteiger partial charge < -0.3 is 10.1 Å². The number of nitro benzene ring substituents is 1. The molecule has 6 nitrogen and oxygen atoms in total. The van der Waals surface area contributed by atoms with Crippen LogP contribution in [0.4, 0.5) is 10.1 Å². The minimum atomic E-state index is -0.725. The van der Waals surface area contributed by atoms with Gasteiger partial charge in [-0.2, -0.15) is 0 Å². The first-order valence-corrected chi connectivity index (χ1v) is 5.52. The Bertz CT molecular complexity index is 503. The SMILES string of the molecule is COCC(C)(C)NC(=O)c1cc(F)ccc1[N+](=O)[O-]. The first kappa shape index (κ1) is 15.0. The standard InChI is InChI=1S/C12H15FN2O4/c1-12(2,7-19-3)14-11(16)9-6-8(13)4-5-10(9)15(17)18/h4-6H,7H2,1-3H3,(H,14,16). The van der Waals surface area contributed by atoms with E-state index in [1.165, 1.54) is 7.11 Å². The molecule has 0 saturated carbocycles. The van der Waals surface area contributed by atoms with Crippen LogP contribution in [-0.4, -0.2) is 30.1 Å². The summed E-state index contributed by atoms with van der Waals surface area (Å²) >= 11 is 0. The minimum Gasteiger partial charge on any atom is -0.382 e. The molecule has 0 atom stereocenters. The fourth-order valence-corrected chi connectivity index (χ4v) is 1.62. The highest BCUT2D eigenvalue weighted by molar-refractivity contribution is 5.98. The summed E-state index contributed by atoms with van der Waals surface area (Å²) in [6, 6.07) is 2.75. The van der Waals surface area contributed by atoms with Crippen molar-refractivity contribution in [3.05, 3.63) is 39.7 Å². The number of amides is 1. The molecule has 0 saturated heterocycles. The van der Waals surface area contributed by atoms with Gasteiger partial charge in [-0.1, -0.05) is 0 Å². The molecule has 19 heavy (non-hydrogen) atoms. The summed E-state index contributed by atoms with van der Waals surface area (Å²) in [5.41, 5.74) is -1.47. The topological polar surface area (TPSA) is 81.5 Å². The van der Waals surface area contributed by atoms with E-state index in [0.717, 1.165) is 18.2 Å². The van der Waals surface area contributed by atoms with Gasteiger partial charge in [-0.15, -0.1) is 0 Å². The summed E-state index contributed by atoms with van der Waals surface area (Å²) in [5.74, 6) is -1.42. The summed E-state index contributed by atoms with van der Waals surface area (Å²) in [5, 5.41) is 13.4. The van der Waals surface area contributed by atoms with E-state index in [9.17, 15) is 19.3 Å². The molecule has 1 rings (SSSR count). The number of carbonyl (C=O) groups excluding carboxylic acids is 1. The average molecular weight is 270 g/mol.